The summed E-state index contributed by atoms with van der Waals surface area (Å²) < 4.78 is 6.65. The molecule has 0 radical (unpaired) electrons. The van der Waals surface area contributed by atoms with E-state index in [1.165, 1.54) is 33.4 Å². The zero-order valence-electron chi connectivity index (χ0n) is 20.3. The van der Waals surface area contributed by atoms with E-state index in [1.807, 2.05) is 0 Å². The molecule has 2 aliphatic rings. The minimum absolute atomic E-state index is 0.363. The molecule has 2 atom stereocenters. The molecule has 36 heavy (non-hydrogen) atoms. The van der Waals surface area contributed by atoms with Gasteiger partial charge < -0.3 is 0 Å². The van der Waals surface area contributed by atoms with Crippen LogP contribution in [-0.4, -0.2) is 0 Å². The Labute approximate surface area is 235 Å². The van der Waals surface area contributed by atoms with Crippen LogP contribution >= 0.6 is 41.2 Å². The van der Waals surface area contributed by atoms with E-state index < -0.39 is 17.3 Å². The Morgan fingerprint density at radius 2 is 0.944 bits per heavy atom. The minimum atomic E-state index is -4.54. The van der Waals surface area contributed by atoms with Crippen LogP contribution in [0.3, 0.4) is 0 Å². The van der Waals surface area contributed by atoms with Crippen LogP contribution in [-0.2, 0) is 23.6 Å². The first-order valence-electron chi connectivity index (χ1n) is 12.2. The van der Waals surface area contributed by atoms with Crippen molar-refractivity contribution in [1.82, 2.24) is 0 Å². The molecule has 0 saturated heterocycles. The van der Waals surface area contributed by atoms with Gasteiger partial charge in [-0.15, -0.1) is 0 Å². The fourth-order valence-corrected chi connectivity index (χ4v) is 27.4. The second kappa shape index (κ2) is 8.53. The summed E-state index contributed by atoms with van der Waals surface area (Å²) in [6.45, 7) is 0. The Hall–Kier alpha value is -1.45. The fourth-order valence-electron chi connectivity index (χ4n) is 7.06. The first-order chi connectivity index (χ1) is 17.2. The molecule has 2 unspecified atom stereocenters. The van der Waals surface area contributed by atoms with E-state index in [9.17, 15) is 0 Å². The van der Waals surface area contributed by atoms with E-state index in [0.29, 0.717) is 0 Å². The molecule has 4 heteroatoms. The summed E-state index contributed by atoms with van der Waals surface area (Å²) in [5.74, 6) is 0. The van der Waals surface area contributed by atoms with Crippen molar-refractivity contribution in [3.05, 3.63) is 152 Å². The first-order valence-corrected chi connectivity index (χ1v) is 24.9. The van der Waals surface area contributed by atoms with Gasteiger partial charge in [0.25, 0.3) is 0 Å². The fraction of sp³-hybridized carbons (Fsp3) is 0.125. The van der Waals surface area contributed by atoms with Gasteiger partial charge in [0.2, 0.25) is 0 Å². The normalized spacial score (nSPS) is 23.2. The van der Waals surface area contributed by atoms with Crippen LogP contribution in [0.1, 0.15) is 33.4 Å². The molecule has 0 saturated carbocycles. The van der Waals surface area contributed by atoms with Crippen molar-refractivity contribution < 1.29 is 17.3 Å². The summed E-state index contributed by atoms with van der Waals surface area (Å²) in [7, 11) is 6.14. The Bertz CT molecular complexity index is 1430. The molecular formula is C32H27Br2SZr. The van der Waals surface area contributed by atoms with Crippen molar-refractivity contribution in [2.45, 2.75) is 15.5 Å². The number of benzene rings is 4. The second-order valence-electron chi connectivity index (χ2n) is 10.7. The zero-order valence-corrected chi connectivity index (χ0v) is 26.8. The summed E-state index contributed by atoms with van der Waals surface area (Å²) >= 11 is 3.46. The van der Waals surface area contributed by atoms with Crippen molar-refractivity contribution in [2.75, 3.05) is 0 Å². The number of hydrogen-bond acceptors (Lipinski definition) is 1. The van der Waals surface area contributed by atoms with E-state index in [4.69, 9.17) is 9.39 Å². The van der Waals surface area contributed by atoms with E-state index in [0.717, 1.165) is 8.95 Å². The molecule has 0 heterocycles. The summed E-state index contributed by atoms with van der Waals surface area (Å²) in [6, 6.07) is 35.2. The van der Waals surface area contributed by atoms with Gasteiger partial charge in [0.1, 0.15) is 0 Å². The molecule has 0 nitrogen and oxygen atoms in total. The van der Waals surface area contributed by atoms with E-state index >= 15 is 0 Å². The third-order valence-electron chi connectivity index (χ3n) is 8.69. The third-order valence-corrected chi connectivity index (χ3v) is 29.1. The third kappa shape index (κ3) is 3.08. The van der Waals surface area contributed by atoms with Crippen LogP contribution in [0.4, 0.5) is 0 Å². The summed E-state index contributed by atoms with van der Waals surface area (Å²) in [6.07, 6.45) is 9.59. The molecule has 0 aliphatic heterocycles. The molecule has 2 aliphatic carbocycles. The molecule has 0 bridgehead atoms. The van der Waals surface area contributed by atoms with E-state index in [-0.39, 0.29) is 6.25 Å². The predicted molar refractivity (Wildman–Crippen MR) is 162 cm³/mol. The van der Waals surface area contributed by atoms with Gasteiger partial charge in [0, 0.05) is 0 Å². The molecule has 4 aromatic carbocycles. The molecule has 179 valence electrons. The van der Waals surface area contributed by atoms with Crippen molar-refractivity contribution in [2.24, 2.45) is 0 Å². The average molecular weight is 695 g/mol. The van der Waals surface area contributed by atoms with E-state index in [2.05, 4.69) is 162 Å². The van der Waals surface area contributed by atoms with Crippen LogP contribution in [0, 0.1) is 0 Å². The van der Waals surface area contributed by atoms with Crippen LogP contribution < -0.4 is 0 Å². The maximum atomic E-state index is 6.14. The molecule has 6 rings (SSSR count). The molecular weight excluding hydrogens is 667 g/mol. The van der Waals surface area contributed by atoms with Crippen molar-refractivity contribution >= 4 is 53.4 Å². The van der Waals surface area contributed by atoms with Gasteiger partial charge in [-0.2, -0.15) is 0 Å². The Kier molecular flexibility index (Phi) is 5.89. The quantitative estimate of drug-likeness (QED) is 0.202. The maximum absolute atomic E-state index is 6.14. The SMILES string of the molecule is [CH3][Zr]([CH3])([SH])([C]1(c2ccccc2)C=Cc2cccc(Br)c21)[C]1(c2ccccc2)C=Cc2cccc(Br)c21. The van der Waals surface area contributed by atoms with Crippen molar-refractivity contribution in [3.8, 4) is 0 Å². The Morgan fingerprint density at radius 3 is 1.33 bits per heavy atom. The number of fused-ring (bicyclic) bond motifs is 2. The average Bonchev–Trinajstić information content (AvgIpc) is 3.48. The Balaban J connectivity index is 1.82. The number of halogens is 2. The van der Waals surface area contributed by atoms with Gasteiger partial charge >= 0.3 is 238 Å². The summed E-state index contributed by atoms with van der Waals surface area (Å²) in [4.78, 5) is 0. The molecule has 0 N–H and O–H groups in total. The van der Waals surface area contributed by atoms with Crippen molar-refractivity contribution in [1.29, 1.82) is 0 Å². The number of rotatable bonds is 4. The molecule has 0 spiro atoms. The van der Waals surface area contributed by atoms with E-state index in [1.54, 1.807) is 0 Å². The molecule has 0 fully saturated rings. The van der Waals surface area contributed by atoms with Gasteiger partial charge in [-0.3, -0.25) is 0 Å². The monoisotopic (exact) mass is 691 g/mol. The second-order valence-corrected chi connectivity index (χ2v) is 35.5. The first kappa shape index (κ1) is 24.9. The van der Waals surface area contributed by atoms with Gasteiger partial charge in [-0.1, -0.05) is 0 Å². The topological polar surface area (TPSA) is 0 Å². The predicted octanol–water partition coefficient (Wildman–Crippen LogP) is 10.1. The van der Waals surface area contributed by atoms with Crippen LogP contribution in [0.2, 0.25) is 9.26 Å². The van der Waals surface area contributed by atoms with Gasteiger partial charge in [0.05, 0.1) is 0 Å². The molecule has 4 aromatic rings. The number of allylic oxidation sites excluding steroid dienone is 2. The summed E-state index contributed by atoms with van der Waals surface area (Å²) in [5, 5.41) is 0. The Morgan fingerprint density at radius 1 is 0.556 bits per heavy atom. The standard InChI is InChI=1S/2C15H10Br.2CH3.H2S.Zr/c2*16-14-8-4-7-12-9-10-13(15(12)14)11-5-2-1-3-6-11;;;;/h2*1-10H;2*1H3;1H2;/q;;;;;+1/p-1. The zero-order chi connectivity index (χ0) is 25.2. The molecule has 0 amide bonds. The number of thiol groups is 1. The molecule has 0 aromatic heterocycles. The summed E-state index contributed by atoms with van der Waals surface area (Å²) in [5.41, 5.74) is 7.83. The van der Waals surface area contributed by atoms with Gasteiger partial charge in [0.15, 0.2) is 0 Å². The number of hydrogen-bond donors (Lipinski definition) is 1. The van der Waals surface area contributed by atoms with Gasteiger partial charge in [-0.25, -0.2) is 0 Å². The van der Waals surface area contributed by atoms with Crippen LogP contribution in [0.25, 0.3) is 12.2 Å². The van der Waals surface area contributed by atoms with Crippen LogP contribution in [0.5, 0.6) is 0 Å². The van der Waals surface area contributed by atoms with Gasteiger partial charge in [-0.05, 0) is 0 Å². The van der Waals surface area contributed by atoms with Crippen molar-refractivity contribution in [3.63, 3.8) is 0 Å². The van der Waals surface area contributed by atoms with Crippen LogP contribution in [0.15, 0.2) is 118 Å².